The maximum atomic E-state index is 13.3. The Hall–Kier alpha value is -3.51. The first-order chi connectivity index (χ1) is 16.0. The first-order valence-corrected chi connectivity index (χ1v) is 11.8. The molecule has 0 aliphatic rings. The summed E-state index contributed by atoms with van der Waals surface area (Å²) in [7, 11) is 1.56. The first-order valence-electron chi connectivity index (χ1n) is 9.97. The lowest BCUT2D eigenvalue weighted by molar-refractivity contribution is -0.116. The van der Waals surface area contributed by atoms with Crippen LogP contribution in [0, 0.1) is 0 Å². The van der Waals surface area contributed by atoms with Gasteiger partial charge in [-0.3, -0.25) is 24.0 Å². The van der Waals surface area contributed by atoms with Crippen LogP contribution in [0.4, 0.5) is 5.13 Å². The summed E-state index contributed by atoms with van der Waals surface area (Å²) in [5.74, 6) is 1.05. The highest BCUT2D eigenvalue weighted by Gasteiger charge is 2.17. The monoisotopic (exact) mass is 484 g/mol. The number of nitrogens with zero attached hydrogens (tertiary/aromatic N) is 5. The van der Waals surface area contributed by atoms with E-state index in [-0.39, 0.29) is 24.1 Å². The topological polar surface area (TPSA) is 121 Å². The van der Waals surface area contributed by atoms with Crippen molar-refractivity contribution in [3.05, 3.63) is 69.0 Å². The maximum Gasteiger partial charge on any atom is 0.332 e. The van der Waals surface area contributed by atoms with Crippen LogP contribution in [0.5, 0.6) is 5.75 Å². The van der Waals surface area contributed by atoms with Gasteiger partial charge in [0.15, 0.2) is 9.86 Å². The minimum atomic E-state index is -0.606. The molecule has 0 saturated carbocycles. The van der Waals surface area contributed by atoms with E-state index in [0.29, 0.717) is 10.9 Å². The Morgan fingerprint density at radius 2 is 1.94 bits per heavy atom. The molecule has 1 aromatic carbocycles. The van der Waals surface area contributed by atoms with Crippen molar-refractivity contribution in [1.29, 1.82) is 0 Å². The van der Waals surface area contributed by atoms with Crippen molar-refractivity contribution in [2.24, 2.45) is 0 Å². The average Bonchev–Trinajstić information content (AvgIpc) is 3.26. The zero-order valence-corrected chi connectivity index (χ0v) is 19.5. The van der Waals surface area contributed by atoms with Crippen molar-refractivity contribution in [2.45, 2.75) is 24.4 Å². The number of benzene rings is 1. The lowest BCUT2D eigenvalue weighted by Gasteiger charge is -2.13. The van der Waals surface area contributed by atoms with E-state index in [1.165, 1.54) is 33.9 Å². The second kappa shape index (κ2) is 9.96. The van der Waals surface area contributed by atoms with Crippen LogP contribution >= 0.6 is 23.1 Å². The highest BCUT2D eigenvalue weighted by Crippen LogP contribution is 2.25. The minimum Gasteiger partial charge on any atom is -0.497 e. The van der Waals surface area contributed by atoms with Crippen LogP contribution in [0.1, 0.15) is 12.5 Å². The molecule has 0 saturated heterocycles. The van der Waals surface area contributed by atoms with Crippen LogP contribution in [0.2, 0.25) is 0 Å². The Kier molecular flexibility index (Phi) is 6.84. The Labute approximate surface area is 196 Å². The molecule has 170 valence electrons. The number of carbonyl (C=O) groups excluding carboxylic acids is 1. The van der Waals surface area contributed by atoms with Crippen LogP contribution in [0.3, 0.4) is 0 Å². The Bertz CT molecular complexity index is 1410. The van der Waals surface area contributed by atoms with Crippen LogP contribution in [0.25, 0.3) is 11.0 Å². The molecule has 33 heavy (non-hydrogen) atoms. The van der Waals surface area contributed by atoms with Crippen LogP contribution in [-0.2, 0) is 17.9 Å². The van der Waals surface area contributed by atoms with Crippen molar-refractivity contribution in [3.8, 4) is 5.75 Å². The summed E-state index contributed by atoms with van der Waals surface area (Å²) in [6.45, 7) is 1.72. The van der Waals surface area contributed by atoms with Gasteiger partial charge in [0.2, 0.25) is 11.0 Å². The predicted molar refractivity (Wildman–Crippen MR) is 127 cm³/mol. The van der Waals surface area contributed by atoms with Gasteiger partial charge in [-0.05, 0) is 35.6 Å². The molecule has 10 nitrogen and oxygen atoms in total. The van der Waals surface area contributed by atoms with Gasteiger partial charge < -0.3 is 4.74 Å². The Morgan fingerprint density at radius 3 is 2.67 bits per heavy atom. The molecule has 4 aromatic rings. The van der Waals surface area contributed by atoms with Gasteiger partial charge in [-0.2, -0.15) is 0 Å². The van der Waals surface area contributed by atoms with Crippen molar-refractivity contribution in [2.75, 3.05) is 18.2 Å². The number of hydrogen-bond acceptors (Lipinski definition) is 9. The summed E-state index contributed by atoms with van der Waals surface area (Å²) < 4.78 is 8.21. The van der Waals surface area contributed by atoms with Gasteiger partial charge >= 0.3 is 5.69 Å². The number of amides is 1. The SMILES string of the molecule is CCSc1nnc(NC(=O)Cn2c(=O)n(Cc3ccc(OC)cc3)c(=O)c3ncccc32)s1. The van der Waals surface area contributed by atoms with Gasteiger partial charge in [0, 0.05) is 6.20 Å². The fourth-order valence-corrected chi connectivity index (χ4v) is 4.86. The van der Waals surface area contributed by atoms with Crippen LogP contribution < -0.4 is 21.3 Å². The number of hydrogen-bond donors (Lipinski definition) is 1. The molecule has 3 aromatic heterocycles. The number of aromatic nitrogens is 5. The summed E-state index contributed by atoms with van der Waals surface area (Å²) in [4.78, 5) is 43.2. The van der Waals surface area contributed by atoms with Gasteiger partial charge in [0.1, 0.15) is 12.3 Å². The maximum absolute atomic E-state index is 13.3. The van der Waals surface area contributed by atoms with Crippen molar-refractivity contribution in [1.82, 2.24) is 24.3 Å². The number of methoxy groups -OCH3 is 1. The molecule has 0 aliphatic carbocycles. The second-order valence-electron chi connectivity index (χ2n) is 6.83. The number of anilines is 1. The second-order valence-corrected chi connectivity index (χ2v) is 9.32. The third-order valence-electron chi connectivity index (χ3n) is 4.71. The number of rotatable bonds is 8. The molecule has 0 atom stereocenters. The fourth-order valence-electron chi connectivity index (χ4n) is 3.19. The standard InChI is InChI=1S/C21H20N6O4S2/c1-3-32-20-25-24-19(33-20)23-16(28)12-26-15-5-4-10-22-17(15)18(29)27(21(26)30)11-13-6-8-14(31-2)9-7-13/h4-10H,3,11-12H2,1-2H3,(H,23,24,28). The van der Waals surface area contributed by atoms with E-state index < -0.39 is 17.2 Å². The normalized spacial score (nSPS) is 11.0. The molecular formula is C21H20N6O4S2. The number of fused-ring (bicyclic) bond motifs is 1. The fraction of sp³-hybridized carbons (Fsp3) is 0.238. The molecule has 0 spiro atoms. The van der Waals surface area contributed by atoms with Gasteiger partial charge in [-0.25, -0.2) is 9.78 Å². The molecule has 0 aliphatic heterocycles. The third kappa shape index (κ3) is 4.96. The van der Waals surface area contributed by atoms with E-state index in [4.69, 9.17) is 4.74 Å². The van der Waals surface area contributed by atoms with E-state index in [0.717, 1.165) is 20.2 Å². The predicted octanol–water partition coefficient (Wildman–Crippen LogP) is 2.22. The number of thioether (sulfide) groups is 1. The van der Waals surface area contributed by atoms with E-state index in [1.54, 1.807) is 43.5 Å². The largest absolute Gasteiger partial charge is 0.497 e. The van der Waals surface area contributed by atoms with Crippen LogP contribution in [-0.4, -0.2) is 43.1 Å². The van der Waals surface area contributed by atoms with E-state index in [2.05, 4.69) is 20.5 Å². The summed E-state index contributed by atoms with van der Waals surface area (Å²) in [6.07, 6.45) is 1.48. The van der Waals surface area contributed by atoms with E-state index in [1.807, 2.05) is 6.92 Å². The molecule has 0 fully saturated rings. The third-order valence-corrected chi connectivity index (χ3v) is 6.56. The van der Waals surface area contributed by atoms with Crippen molar-refractivity contribution in [3.63, 3.8) is 0 Å². The number of pyridine rings is 1. The first kappa shape index (κ1) is 22.7. The summed E-state index contributed by atoms with van der Waals surface area (Å²) in [6, 6.07) is 10.2. The average molecular weight is 485 g/mol. The number of nitrogens with one attached hydrogen (secondary N) is 1. The lowest BCUT2D eigenvalue weighted by Crippen LogP contribution is -2.42. The molecule has 1 amide bonds. The number of ether oxygens (including phenoxy) is 1. The molecule has 4 rings (SSSR count). The van der Waals surface area contributed by atoms with E-state index >= 15 is 0 Å². The van der Waals surface area contributed by atoms with Crippen molar-refractivity contribution < 1.29 is 9.53 Å². The zero-order chi connectivity index (χ0) is 23.4. The zero-order valence-electron chi connectivity index (χ0n) is 17.8. The number of carbonyl (C=O) groups is 1. The highest BCUT2D eigenvalue weighted by molar-refractivity contribution is 8.01. The quantitative estimate of drug-likeness (QED) is 0.299. The smallest absolute Gasteiger partial charge is 0.332 e. The molecule has 1 N–H and O–H groups in total. The minimum absolute atomic E-state index is 0.0315. The molecule has 12 heteroatoms. The lowest BCUT2D eigenvalue weighted by atomic mass is 10.2. The summed E-state index contributed by atoms with van der Waals surface area (Å²) >= 11 is 2.78. The Balaban J connectivity index is 1.68. The molecule has 0 unspecified atom stereocenters. The van der Waals surface area contributed by atoms with Crippen LogP contribution in [0.15, 0.2) is 56.5 Å². The Morgan fingerprint density at radius 1 is 1.15 bits per heavy atom. The van der Waals surface area contributed by atoms with Gasteiger partial charge in [0.05, 0.1) is 19.2 Å². The molecule has 0 radical (unpaired) electrons. The van der Waals surface area contributed by atoms with Crippen molar-refractivity contribution >= 4 is 45.2 Å². The summed E-state index contributed by atoms with van der Waals surface area (Å²) in [5.41, 5.74) is -0.000399. The van der Waals surface area contributed by atoms with E-state index in [9.17, 15) is 14.4 Å². The van der Waals surface area contributed by atoms with Gasteiger partial charge in [-0.15, -0.1) is 10.2 Å². The van der Waals surface area contributed by atoms with Gasteiger partial charge in [-0.1, -0.05) is 42.2 Å². The molecule has 0 bridgehead atoms. The molecule has 3 heterocycles. The molecular weight excluding hydrogens is 464 g/mol. The summed E-state index contributed by atoms with van der Waals surface area (Å²) in [5, 5.41) is 11.0. The highest BCUT2D eigenvalue weighted by atomic mass is 32.2. The van der Waals surface area contributed by atoms with Gasteiger partial charge in [0.25, 0.3) is 5.56 Å².